The zero-order chi connectivity index (χ0) is 17.3. The van der Waals surface area contributed by atoms with Gasteiger partial charge in [0.15, 0.2) is 6.29 Å². The minimum Gasteiger partial charge on any atom is -0.362 e. The van der Waals surface area contributed by atoms with Gasteiger partial charge in [-0.05, 0) is 37.3 Å². The van der Waals surface area contributed by atoms with Gasteiger partial charge in [-0.1, -0.05) is 42.8 Å². The van der Waals surface area contributed by atoms with Crippen molar-refractivity contribution in [2.75, 3.05) is 13.2 Å². The SMILES string of the molecule is C[Si](C)(C)c1[nH]c2cc(Cl)nc(Cl)c2c1CCOC1CCCCO1. The van der Waals surface area contributed by atoms with Gasteiger partial charge in [0.25, 0.3) is 0 Å². The van der Waals surface area contributed by atoms with Gasteiger partial charge >= 0.3 is 0 Å². The summed E-state index contributed by atoms with van der Waals surface area (Å²) in [6.07, 6.45) is 4.01. The minimum atomic E-state index is -1.56. The fourth-order valence-corrected chi connectivity index (χ4v) is 5.44. The molecule has 0 saturated carbocycles. The molecule has 3 rings (SSSR count). The third-order valence-electron chi connectivity index (χ3n) is 4.35. The van der Waals surface area contributed by atoms with Crippen LogP contribution in [-0.2, 0) is 15.9 Å². The standard InChI is InChI=1S/C17H24Cl2N2O2Si/c1-24(2,3)17-11(7-9-23-14-6-4-5-8-22-14)15-12(20-17)10-13(18)21-16(15)19/h10,14,20H,4-9H2,1-3H3. The molecule has 2 aromatic rings. The molecule has 1 aliphatic rings. The van der Waals surface area contributed by atoms with Crippen molar-refractivity contribution in [3.8, 4) is 0 Å². The summed E-state index contributed by atoms with van der Waals surface area (Å²) in [5.41, 5.74) is 2.18. The molecule has 1 N–H and O–H groups in total. The van der Waals surface area contributed by atoms with Gasteiger partial charge < -0.3 is 14.5 Å². The summed E-state index contributed by atoms with van der Waals surface area (Å²) in [7, 11) is -1.56. The Balaban J connectivity index is 1.86. The number of nitrogens with one attached hydrogen (secondary N) is 1. The van der Waals surface area contributed by atoms with Crippen molar-refractivity contribution in [2.24, 2.45) is 0 Å². The zero-order valence-electron chi connectivity index (χ0n) is 14.4. The van der Waals surface area contributed by atoms with Crippen molar-refractivity contribution in [2.45, 2.75) is 51.6 Å². The summed E-state index contributed by atoms with van der Waals surface area (Å²) in [6, 6.07) is 1.85. The largest absolute Gasteiger partial charge is 0.362 e. The average Bonchev–Trinajstić information content (AvgIpc) is 2.87. The van der Waals surface area contributed by atoms with Crippen molar-refractivity contribution < 1.29 is 9.47 Å². The molecule has 0 aliphatic carbocycles. The molecular weight excluding hydrogens is 363 g/mol. The number of H-pyrrole nitrogens is 1. The van der Waals surface area contributed by atoms with Gasteiger partial charge in [-0.2, -0.15) is 0 Å². The van der Waals surface area contributed by atoms with Crippen LogP contribution in [0.4, 0.5) is 0 Å². The lowest BCUT2D eigenvalue weighted by Crippen LogP contribution is -2.41. The van der Waals surface area contributed by atoms with Crippen LogP contribution in [0, 0.1) is 0 Å². The van der Waals surface area contributed by atoms with E-state index in [-0.39, 0.29) is 6.29 Å². The van der Waals surface area contributed by atoms with E-state index in [0.29, 0.717) is 16.9 Å². The van der Waals surface area contributed by atoms with E-state index < -0.39 is 8.07 Å². The Morgan fingerprint density at radius 3 is 2.79 bits per heavy atom. The maximum atomic E-state index is 6.39. The number of halogens is 2. The van der Waals surface area contributed by atoms with Crippen LogP contribution in [-0.4, -0.2) is 37.5 Å². The minimum absolute atomic E-state index is 0.0673. The second-order valence-corrected chi connectivity index (χ2v) is 13.0. The number of rotatable bonds is 5. The van der Waals surface area contributed by atoms with Crippen LogP contribution in [0.5, 0.6) is 0 Å². The van der Waals surface area contributed by atoms with E-state index in [1.807, 2.05) is 6.07 Å². The quantitative estimate of drug-likeness (QED) is 0.607. The Kier molecular flexibility index (Phi) is 5.57. The number of ether oxygens (including phenoxy) is 2. The second-order valence-electron chi connectivity index (χ2n) is 7.30. The van der Waals surface area contributed by atoms with Crippen LogP contribution < -0.4 is 5.32 Å². The molecule has 2 aromatic heterocycles. The number of fused-ring (bicyclic) bond motifs is 1. The van der Waals surface area contributed by atoms with Crippen LogP contribution in [0.25, 0.3) is 10.9 Å². The fourth-order valence-electron chi connectivity index (χ4n) is 3.23. The molecular formula is C17H24Cl2N2O2Si. The van der Waals surface area contributed by atoms with E-state index in [4.69, 9.17) is 32.7 Å². The van der Waals surface area contributed by atoms with Crippen molar-refractivity contribution >= 4 is 47.5 Å². The third kappa shape index (κ3) is 3.97. The number of nitrogens with zero attached hydrogens (tertiary/aromatic N) is 1. The summed E-state index contributed by atoms with van der Waals surface area (Å²) in [5.74, 6) is 0. The molecule has 1 unspecified atom stereocenters. The van der Waals surface area contributed by atoms with Gasteiger partial charge in [0.1, 0.15) is 10.3 Å². The lowest BCUT2D eigenvalue weighted by atomic mass is 10.1. The highest BCUT2D eigenvalue weighted by Crippen LogP contribution is 2.28. The van der Waals surface area contributed by atoms with Gasteiger partial charge in [0.2, 0.25) is 0 Å². The van der Waals surface area contributed by atoms with E-state index in [1.165, 1.54) is 17.3 Å². The smallest absolute Gasteiger partial charge is 0.157 e. The molecule has 132 valence electrons. The van der Waals surface area contributed by atoms with Crippen molar-refractivity contribution in [1.82, 2.24) is 9.97 Å². The molecule has 1 atom stereocenters. The predicted molar refractivity (Wildman–Crippen MR) is 102 cm³/mol. The maximum absolute atomic E-state index is 6.39. The summed E-state index contributed by atoms with van der Waals surface area (Å²) in [6.45, 7) is 8.36. The molecule has 0 bridgehead atoms. The fraction of sp³-hybridized carbons (Fsp3) is 0.588. The molecule has 4 nitrogen and oxygen atoms in total. The monoisotopic (exact) mass is 386 g/mol. The normalized spacial score (nSPS) is 19.1. The Hall–Kier alpha value is -0.593. The van der Waals surface area contributed by atoms with E-state index >= 15 is 0 Å². The molecule has 7 heteroatoms. The molecule has 0 radical (unpaired) electrons. The van der Waals surface area contributed by atoms with Gasteiger partial charge in [-0.3, -0.25) is 0 Å². The van der Waals surface area contributed by atoms with E-state index in [0.717, 1.165) is 36.8 Å². The molecule has 0 spiro atoms. The van der Waals surface area contributed by atoms with Crippen molar-refractivity contribution in [1.29, 1.82) is 0 Å². The Labute approximate surface area is 153 Å². The molecule has 1 fully saturated rings. The first-order valence-electron chi connectivity index (χ1n) is 8.46. The number of hydrogen-bond acceptors (Lipinski definition) is 3. The Morgan fingerprint density at radius 2 is 2.12 bits per heavy atom. The first-order valence-corrected chi connectivity index (χ1v) is 12.7. The topological polar surface area (TPSA) is 47.1 Å². The van der Waals surface area contributed by atoms with Gasteiger partial charge in [0.05, 0.1) is 20.2 Å². The van der Waals surface area contributed by atoms with Gasteiger partial charge in [0, 0.05) is 17.3 Å². The Bertz CT molecular complexity index is 721. The van der Waals surface area contributed by atoms with Crippen LogP contribution in [0.15, 0.2) is 6.07 Å². The van der Waals surface area contributed by atoms with Crippen LogP contribution in [0.2, 0.25) is 29.9 Å². The molecule has 1 saturated heterocycles. The molecule has 0 amide bonds. The lowest BCUT2D eigenvalue weighted by Gasteiger charge is -2.23. The summed E-state index contributed by atoms with van der Waals surface area (Å²) >= 11 is 12.5. The molecule has 0 aromatic carbocycles. The Morgan fingerprint density at radius 1 is 1.33 bits per heavy atom. The highest BCUT2D eigenvalue weighted by atomic mass is 35.5. The van der Waals surface area contributed by atoms with Crippen LogP contribution in [0.3, 0.4) is 0 Å². The highest BCUT2D eigenvalue weighted by Gasteiger charge is 2.26. The summed E-state index contributed by atoms with van der Waals surface area (Å²) < 4.78 is 11.6. The van der Waals surface area contributed by atoms with Crippen LogP contribution in [0.1, 0.15) is 24.8 Å². The molecule has 24 heavy (non-hydrogen) atoms. The van der Waals surface area contributed by atoms with Gasteiger partial charge in [-0.25, -0.2) is 4.98 Å². The van der Waals surface area contributed by atoms with Crippen molar-refractivity contribution in [3.05, 3.63) is 21.9 Å². The maximum Gasteiger partial charge on any atom is 0.157 e. The van der Waals surface area contributed by atoms with Crippen molar-refractivity contribution in [3.63, 3.8) is 0 Å². The summed E-state index contributed by atoms with van der Waals surface area (Å²) in [5, 5.41) is 3.14. The number of pyridine rings is 1. The van der Waals surface area contributed by atoms with Crippen LogP contribution >= 0.6 is 23.2 Å². The number of aromatic amines is 1. The molecule has 3 heterocycles. The first-order chi connectivity index (χ1) is 11.4. The van der Waals surface area contributed by atoms with E-state index in [9.17, 15) is 0 Å². The predicted octanol–water partition coefficient (Wildman–Crippen LogP) is 4.50. The zero-order valence-corrected chi connectivity index (χ0v) is 16.9. The molecule has 1 aliphatic heterocycles. The first kappa shape index (κ1) is 18.2. The van der Waals surface area contributed by atoms with E-state index in [2.05, 4.69) is 29.6 Å². The second kappa shape index (κ2) is 7.34. The number of aromatic nitrogens is 2. The number of hydrogen-bond donors (Lipinski definition) is 1. The van der Waals surface area contributed by atoms with E-state index in [1.54, 1.807) is 0 Å². The summed E-state index contributed by atoms with van der Waals surface area (Å²) in [4.78, 5) is 7.76. The highest BCUT2D eigenvalue weighted by molar-refractivity contribution is 6.88. The lowest BCUT2D eigenvalue weighted by molar-refractivity contribution is -0.161. The van der Waals surface area contributed by atoms with Gasteiger partial charge in [-0.15, -0.1) is 0 Å². The average molecular weight is 387 g/mol. The third-order valence-corrected chi connectivity index (χ3v) is 6.74.